The Morgan fingerprint density at radius 3 is 2.59 bits per heavy atom. The standard InChI is InChI=1S/C25H38N4O5/c1-2-14-29-22(31)21(27-23(32)25(29)11-15-28(16-12-25)17-18-30)10-6-7-13-26-24(33)34-19-20-8-4-3-5-9-20/h3-5,8-9,21,30H,2,6-7,10-19H2,1H3,(H,26,33)(H,27,32)/t21-/m0/s1. The molecule has 1 spiro atoms. The number of aliphatic hydroxyl groups is 1. The number of nitrogens with one attached hydrogen (secondary N) is 2. The van der Waals surface area contributed by atoms with Crippen LogP contribution in [-0.4, -0.2) is 83.7 Å². The lowest BCUT2D eigenvalue weighted by atomic mass is 9.81. The first-order chi connectivity index (χ1) is 16.5. The van der Waals surface area contributed by atoms with Gasteiger partial charge in [-0.1, -0.05) is 37.3 Å². The summed E-state index contributed by atoms with van der Waals surface area (Å²) in [6.07, 6.45) is 3.44. The predicted molar refractivity (Wildman–Crippen MR) is 128 cm³/mol. The fourth-order valence-corrected chi connectivity index (χ4v) is 4.84. The maximum absolute atomic E-state index is 13.3. The van der Waals surface area contributed by atoms with Crippen LogP contribution < -0.4 is 10.6 Å². The van der Waals surface area contributed by atoms with Crippen molar-refractivity contribution < 1.29 is 24.2 Å². The smallest absolute Gasteiger partial charge is 0.407 e. The summed E-state index contributed by atoms with van der Waals surface area (Å²) in [5.74, 6) is -0.0656. The number of alkyl carbamates (subject to hydrolysis) is 1. The van der Waals surface area contributed by atoms with Gasteiger partial charge in [0.25, 0.3) is 0 Å². The molecule has 0 radical (unpaired) electrons. The maximum atomic E-state index is 13.3. The highest BCUT2D eigenvalue weighted by atomic mass is 16.5. The summed E-state index contributed by atoms with van der Waals surface area (Å²) in [6.45, 7) is 5.34. The van der Waals surface area contributed by atoms with E-state index in [2.05, 4.69) is 15.5 Å². The number of ether oxygens (including phenoxy) is 1. The van der Waals surface area contributed by atoms with Crippen LogP contribution in [0.5, 0.6) is 0 Å². The summed E-state index contributed by atoms with van der Waals surface area (Å²) in [4.78, 5) is 42.3. The third-order valence-electron chi connectivity index (χ3n) is 6.76. The number of benzene rings is 1. The number of unbranched alkanes of at least 4 members (excludes halogenated alkanes) is 1. The highest BCUT2D eigenvalue weighted by Gasteiger charge is 2.52. The number of carbonyl (C=O) groups is 3. The molecule has 0 bridgehead atoms. The second-order valence-corrected chi connectivity index (χ2v) is 9.10. The Morgan fingerprint density at radius 1 is 1.18 bits per heavy atom. The molecule has 3 N–H and O–H groups in total. The van der Waals surface area contributed by atoms with Crippen molar-refractivity contribution >= 4 is 17.9 Å². The van der Waals surface area contributed by atoms with Gasteiger partial charge in [0, 0.05) is 32.7 Å². The van der Waals surface area contributed by atoms with Gasteiger partial charge in [-0.05, 0) is 44.1 Å². The number of rotatable bonds is 11. The van der Waals surface area contributed by atoms with Crippen molar-refractivity contribution in [2.75, 3.05) is 39.3 Å². The van der Waals surface area contributed by atoms with E-state index >= 15 is 0 Å². The van der Waals surface area contributed by atoms with Gasteiger partial charge in [0.05, 0.1) is 6.61 Å². The number of likely N-dealkylation sites (tertiary alicyclic amines) is 1. The minimum absolute atomic E-state index is 0.00714. The molecule has 1 aromatic carbocycles. The summed E-state index contributed by atoms with van der Waals surface area (Å²) < 4.78 is 5.20. The average Bonchev–Trinajstić information content (AvgIpc) is 2.85. The van der Waals surface area contributed by atoms with Gasteiger partial charge in [0.15, 0.2) is 0 Å². The van der Waals surface area contributed by atoms with Gasteiger partial charge in [-0.15, -0.1) is 0 Å². The number of piperidine rings is 1. The zero-order valence-electron chi connectivity index (χ0n) is 20.1. The van der Waals surface area contributed by atoms with Crippen LogP contribution in [0.25, 0.3) is 0 Å². The Bertz CT molecular complexity index is 811. The largest absolute Gasteiger partial charge is 0.445 e. The number of hydrogen-bond donors (Lipinski definition) is 3. The zero-order valence-corrected chi connectivity index (χ0v) is 20.1. The SMILES string of the molecule is CCCN1C(=O)[C@H](CCCCNC(=O)OCc2ccccc2)NC(=O)C12CCN(CCO)CC2. The van der Waals surface area contributed by atoms with Crippen LogP contribution >= 0.6 is 0 Å². The molecular formula is C25H38N4O5. The van der Waals surface area contributed by atoms with E-state index < -0.39 is 17.7 Å². The number of nitrogens with zero attached hydrogens (tertiary/aromatic N) is 2. The van der Waals surface area contributed by atoms with Gasteiger partial charge in [0.1, 0.15) is 18.2 Å². The number of carbonyl (C=O) groups excluding carboxylic acids is 3. The fraction of sp³-hybridized carbons (Fsp3) is 0.640. The summed E-state index contributed by atoms with van der Waals surface area (Å²) in [7, 11) is 0. The summed E-state index contributed by atoms with van der Waals surface area (Å²) in [5.41, 5.74) is 0.150. The molecular weight excluding hydrogens is 436 g/mol. The highest BCUT2D eigenvalue weighted by Crippen LogP contribution is 2.33. The van der Waals surface area contributed by atoms with Gasteiger partial charge >= 0.3 is 6.09 Å². The van der Waals surface area contributed by atoms with Gasteiger partial charge in [-0.2, -0.15) is 0 Å². The third kappa shape index (κ3) is 6.48. The first kappa shape index (κ1) is 26.0. The Labute approximate surface area is 201 Å². The van der Waals surface area contributed by atoms with Crippen LogP contribution in [0.4, 0.5) is 4.79 Å². The summed E-state index contributed by atoms with van der Waals surface area (Å²) in [6, 6.07) is 8.97. The first-order valence-electron chi connectivity index (χ1n) is 12.4. The van der Waals surface area contributed by atoms with Crippen molar-refractivity contribution in [1.29, 1.82) is 0 Å². The van der Waals surface area contributed by atoms with Crippen molar-refractivity contribution in [3.8, 4) is 0 Å². The van der Waals surface area contributed by atoms with Crippen LogP contribution in [0, 0.1) is 0 Å². The molecule has 0 aliphatic carbocycles. The molecule has 1 aromatic rings. The molecule has 2 aliphatic heterocycles. The van der Waals surface area contributed by atoms with Crippen molar-refractivity contribution in [2.45, 2.75) is 63.6 Å². The van der Waals surface area contributed by atoms with Gasteiger partial charge in [-0.3, -0.25) is 9.59 Å². The van der Waals surface area contributed by atoms with Crippen LogP contribution in [0.15, 0.2) is 30.3 Å². The molecule has 34 heavy (non-hydrogen) atoms. The van der Waals surface area contributed by atoms with E-state index in [9.17, 15) is 19.5 Å². The van der Waals surface area contributed by atoms with Crippen LogP contribution in [0.3, 0.4) is 0 Å². The minimum Gasteiger partial charge on any atom is -0.445 e. The normalized spacial score (nSPS) is 20.3. The van der Waals surface area contributed by atoms with E-state index in [4.69, 9.17) is 4.74 Å². The van der Waals surface area contributed by atoms with Crippen molar-refractivity contribution in [3.05, 3.63) is 35.9 Å². The molecule has 2 aliphatic rings. The molecule has 2 heterocycles. The average molecular weight is 475 g/mol. The monoisotopic (exact) mass is 474 g/mol. The quantitative estimate of drug-likeness (QED) is 0.421. The number of amides is 3. The van der Waals surface area contributed by atoms with Crippen LogP contribution in [0.2, 0.25) is 0 Å². The van der Waals surface area contributed by atoms with Crippen molar-refractivity contribution in [3.63, 3.8) is 0 Å². The fourth-order valence-electron chi connectivity index (χ4n) is 4.84. The molecule has 3 amide bonds. The van der Waals surface area contributed by atoms with E-state index in [1.807, 2.05) is 42.2 Å². The van der Waals surface area contributed by atoms with Gasteiger partial charge in [0.2, 0.25) is 11.8 Å². The maximum Gasteiger partial charge on any atom is 0.407 e. The predicted octanol–water partition coefficient (Wildman–Crippen LogP) is 1.65. The van der Waals surface area contributed by atoms with E-state index in [-0.39, 0.29) is 25.0 Å². The van der Waals surface area contributed by atoms with Crippen LogP contribution in [-0.2, 0) is 20.9 Å². The first-order valence-corrected chi connectivity index (χ1v) is 12.4. The Kier molecular flexibility index (Phi) is 9.71. The van der Waals surface area contributed by atoms with E-state index in [0.29, 0.717) is 64.8 Å². The lowest BCUT2D eigenvalue weighted by Crippen LogP contribution is -2.72. The van der Waals surface area contributed by atoms with E-state index in [0.717, 1.165) is 12.0 Å². The second kappa shape index (κ2) is 12.7. The van der Waals surface area contributed by atoms with E-state index in [1.165, 1.54) is 0 Å². The summed E-state index contributed by atoms with van der Waals surface area (Å²) >= 11 is 0. The highest BCUT2D eigenvalue weighted by molar-refractivity contribution is 6.00. The van der Waals surface area contributed by atoms with Gasteiger partial charge in [-0.25, -0.2) is 4.79 Å². The van der Waals surface area contributed by atoms with Crippen molar-refractivity contribution in [1.82, 2.24) is 20.4 Å². The Morgan fingerprint density at radius 2 is 1.91 bits per heavy atom. The summed E-state index contributed by atoms with van der Waals surface area (Å²) in [5, 5.41) is 14.9. The lowest BCUT2D eigenvalue weighted by molar-refractivity contribution is -0.161. The molecule has 0 saturated carbocycles. The molecule has 2 saturated heterocycles. The Hall–Kier alpha value is -2.65. The molecule has 3 rings (SSSR count). The number of aliphatic hydroxyl groups excluding tert-OH is 1. The Balaban J connectivity index is 1.43. The molecule has 1 atom stereocenters. The lowest BCUT2D eigenvalue weighted by Gasteiger charge is -2.51. The number of hydrogen-bond acceptors (Lipinski definition) is 6. The van der Waals surface area contributed by atoms with Crippen molar-refractivity contribution in [2.24, 2.45) is 0 Å². The molecule has 188 valence electrons. The molecule has 0 aromatic heterocycles. The number of piperazine rings is 1. The van der Waals surface area contributed by atoms with Crippen LogP contribution in [0.1, 0.15) is 51.0 Å². The molecule has 0 unspecified atom stereocenters. The minimum atomic E-state index is -0.778. The molecule has 9 nitrogen and oxygen atoms in total. The molecule has 2 fully saturated rings. The second-order valence-electron chi connectivity index (χ2n) is 9.10. The van der Waals surface area contributed by atoms with Gasteiger partial charge < -0.3 is 30.3 Å². The third-order valence-corrected chi connectivity index (χ3v) is 6.76. The zero-order chi connectivity index (χ0) is 24.4. The topological polar surface area (TPSA) is 111 Å². The number of β-amino-alcohol motifs (C(OH)–C–C–N with tert-alkyl or cyclic N) is 1. The molecule has 9 heteroatoms. The van der Waals surface area contributed by atoms with E-state index in [1.54, 1.807) is 0 Å².